The van der Waals surface area contributed by atoms with E-state index in [1.165, 1.54) is 6.07 Å². The predicted molar refractivity (Wildman–Crippen MR) is 56.6 cm³/mol. The molecule has 0 saturated heterocycles. The number of nitrogens with zero attached hydrogens (tertiary/aromatic N) is 3. The molecule has 4 heteroatoms. The molecule has 0 radical (unpaired) electrons. The molecule has 0 spiro atoms. The number of rotatable bonds is 2. The molecule has 0 saturated carbocycles. The Bertz CT molecular complexity index is 505. The fraction of sp³-hybridized carbons (Fsp3) is 0.182. The molecule has 0 amide bonds. The van der Waals surface area contributed by atoms with Crippen molar-refractivity contribution in [2.75, 3.05) is 0 Å². The molecular formula is C11H11N3O. The highest BCUT2D eigenvalue weighted by Gasteiger charge is 1.98. The molecule has 2 aromatic rings. The highest BCUT2D eigenvalue weighted by molar-refractivity contribution is 5.09. The molecule has 0 unspecified atom stereocenters. The predicted octanol–water partition coefficient (Wildman–Crippen LogP) is 0.995. The van der Waals surface area contributed by atoms with Crippen molar-refractivity contribution in [3.05, 3.63) is 58.5 Å². The second-order valence-electron chi connectivity index (χ2n) is 3.36. The lowest BCUT2D eigenvalue weighted by Gasteiger charge is -2.04. The van der Waals surface area contributed by atoms with Gasteiger partial charge in [-0.05, 0) is 18.6 Å². The van der Waals surface area contributed by atoms with Gasteiger partial charge in [-0.2, -0.15) is 0 Å². The largest absolute Gasteiger partial charge is 0.295 e. The summed E-state index contributed by atoms with van der Waals surface area (Å²) in [5, 5.41) is 0. The maximum atomic E-state index is 11.5. The van der Waals surface area contributed by atoms with Gasteiger partial charge in [0, 0.05) is 24.2 Å². The van der Waals surface area contributed by atoms with Crippen molar-refractivity contribution in [2.24, 2.45) is 0 Å². The van der Waals surface area contributed by atoms with E-state index >= 15 is 0 Å². The van der Waals surface area contributed by atoms with Gasteiger partial charge >= 0.3 is 0 Å². The van der Waals surface area contributed by atoms with Gasteiger partial charge < -0.3 is 0 Å². The van der Waals surface area contributed by atoms with E-state index in [2.05, 4.69) is 9.97 Å². The van der Waals surface area contributed by atoms with Crippen LogP contribution in [0.3, 0.4) is 0 Å². The molecule has 15 heavy (non-hydrogen) atoms. The van der Waals surface area contributed by atoms with E-state index in [-0.39, 0.29) is 5.56 Å². The average Bonchev–Trinajstić information content (AvgIpc) is 2.24. The summed E-state index contributed by atoms with van der Waals surface area (Å²) in [4.78, 5) is 19.6. The Labute approximate surface area is 87.2 Å². The van der Waals surface area contributed by atoms with Crippen molar-refractivity contribution >= 4 is 0 Å². The van der Waals surface area contributed by atoms with Crippen LogP contribution in [0.4, 0.5) is 0 Å². The Morgan fingerprint density at radius 2 is 2.33 bits per heavy atom. The van der Waals surface area contributed by atoms with Gasteiger partial charge in [0.25, 0.3) is 5.56 Å². The van der Waals surface area contributed by atoms with E-state index in [0.717, 1.165) is 11.3 Å². The van der Waals surface area contributed by atoms with Gasteiger partial charge in [-0.15, -0.1) is 0 Å². The topological polar surface area (TPSA) is 47.8 Å². The first-order chi connectivity index (χ1) is 7.25. The molecule has 0 N–H and O–H groups in total. The zero-order chi connectivity index (χ0) is 10.7. The van der Waals surface area contributed by atoms with Crippen LogP contribution in [0.1, 0.15) is 11.3 Å². The van der Waals surface area contributed by atoms with Crippen molar-refractivity contribution in [1.29, 1.82) is 0 Å². The Balaban J connectivity index is 2.29. The maximum Gasteiger partial charge on any atom is 0.253 e. The summed E-state index contributed by atoms with van der Waals surface area (Å²) in [5.41, 5.74) is 1.69. The second-order valence-corrected chi connectivity index (χ2v) is 3.36. The molecule has 0 atom stereocenters. The molecule has 2 aromatic heterocycles. The normalized spacial score (nSPS) is 10.2. The molecule has 0 aromatic carbocycles. The molecule has 0 fully saturated rings. The smallest absolute Gasteiger partial charge is 0.253 e. The Hall–Kier alpha value is -1.97. The number of pyridine rings is 1. The van der Waals surface area contributed by atoms with Crippen LogP contribution in [0.15, 0.2) is 41.7 Å². The van der Waals surface area contributed by atoms with E-state index in [1.807, 2.05) is 12.1 Å². The van der Waals surface area contributed by atoms with Crippen molar-refractivity contribution < 1.29 is 0 Å². The van der Waals surface area contributed by atoms with Gasteiger partial charge in [0.05, 0.1) is 12.9 Å². The highest BCUT2D eigenvalue weighted by atomic mass is 16.1. The highest BCUT2D eigenvalue weighted by Crippen LogP contribution is 1.97. The van der Waals surface area contributed by atoms with Gasteiger partial charge in [-0.3, -0.25) is 14.3 Å². The lowest BCUT2D eigenvalue weighted by Crippen LogP contribution is -2.20. The SMILES string of the molecule is Cc1cc(=O)n(Cc2cccnc2)cn1. The van der Waals surface area contributed by atoms with Gasteiger partial charge in [0.15, 0.2) is 0 Å². The van der Waals surface area contributed by atoms with Gasteiger partial charge in [-0.25, -0.2) is 4.98 Å². The third-order valence-electron chi connectivity index (χ3n) is 2.09. The van der Waals surface area contributed by atoms with Crippen molar-refractivity contribution in [1.82, 2.24) is 14.5 Å². The number of hydrogen-bond acceptors (Lipinski definition) is 3. The minimum absolute atomic E-state index is 0.0358. The summed E-state index contributed by atoms with van der Waals surface area (Å²) in [5.74, 6) is 0. The Morgan fingerprint density at radius 1 is 1.47 bits per heavy atom. The van der Waals surface area contributed by atoms with E-state index in [9.17, 15) is 4.79 Å². The quantitative estimate of drug-likeness (QED) is 0.728. The lowest BCUT2D eigenvalue weighted by atomic mass is 10.3. The Morgan fingerprint density at radius 3 is 3.00 bits per heavy atom. The van der Waals surface area contributed by atoms with Gasteiger partial charge in [-0.1, -0.05) is 6.07 Å². The maximum absolute atomic E-state index is 11.5. The van der Waals surface area contributed by atoms with Gasteiger partial charge in [0.1, 0.15) is 0 Å². The zero-order valence-electron chi connectivity index (χ0n) is 8.42. The third-order valence-corrected chi connectivity index (χ3v) is 2.09. The molecule has 0 aliphatic heterocycles. The molecule has 0 bridgehead atoms. The van der Waals surface area contributed by atoms with E-state index < -0.39 is 0 Å². The minimum atomic E-state index is -0.0358. The molecule has 0 aliphatic rings. The number of hydrogen-bond donors (Lipinski definition) is 0. The summed E-state index contributed by atoms with van der Waals surface area (Å²) in [6.45, 7) is 2.32. The molecule has 4 nitrogen and oxygen atoms in total. The van der Waals surface area contributed by atoms with Crippen molar-refractivity contribution in [3.63, 3.8) is 0 Å². The van der Waals surface area contributed by atoms with Gasteiger partial charge in [0.2, 0.25) is 0 Å². The number of aryl methyl sites for hydroxylation is 1. The van der Waals surface area contributed by atoms with Crippen LogP contribution < -0.4 is 5.56 Å². The fourth-order valence-electron chi connectivity index (χ4n) is 1.32. The minimum Gasteiger partial charge on any atom is -0.295 e. The van der Waals surface area contributed by atoms with Crippen LogP contribution >= 0.6 is 0 Å². The summed E-state index contributed by atoms with van der Waals surface area (Å²) in [6, 6.07) is 5.30. The first kappa shape index (κ1) is 9.58. The van der Waals surface area contributed by atoms with E-state index in [0.29, 0.717) is 6.54 Å². The molecular weight excluding hydrogens is 190 g/mol. The van der Waals surface area contributed by atoms with Crippen molar-refractivity contribution in [3.8, 4) is 0 Å². The molecule has 76 valence electrons. The molecule has 2 heterocycles. The summed E-state index contributed by atoms with van der Waals surface area (Å²) < 4.78 is 1.56. The van der Waals surface area contributed by atoms with Crippen LogP contribution in [0.2, 0.25) is 0 Å². The monoisotopic (exact) mass is 201 g/mol. The van der Waals surface area contributed by atoms with E-state index in [4.69, 9.17) is 0 Å². The third kappa shape index (κ3) is 2.28. The lowest BCUT2D eigenvalue weighted by molar-refractivity contribution is 0.728. The van der Waals surface area contributed by atoms with Crippen LogP contribution in [0.5, 0.6) is 0 Å². The summed E-state index contributed by atoms with van der Waals surface area (Å²) in [6.07, 6.45) is 5.01. The summed E-state index contributed by atoms with van der Waals surface area (Å²) >= 11 is 0. The number of aromatic nitrogens is 3. The van der Waals surface area contributed by atoms with Crippen LogP contribution in [-0.4, -0.2) is 14.5 Å². The van der Waals surface area contributed by atoms with Crippen molar-refractivity contribution in [2.45, 2.75) is 13.5 Å². The second kappa shape index (κ2) is 4.04. The van der Waals surface area contributed by atoms with Crippen LogP contribution in [0.25, 0.3) is 0 Å². The zero-order valence-corrected chi connectivity index (χ0v) is 8.42. The molecule has 0 aliphatic carbocycles. The standard InChI is InChI=1S/C11H11N3O/c1-9-5-11(15)14(8-13-9)7-10-3-2-4-12-6-10/h2-6,8H,7H2,1H3. The first-order valence-corrected chi connectivity index (χ1v) is 4.68. The molecule has 2 rings (SSSR count). The first-order valence-electron chi connectivity index (χ1n) is 4.68. The van der Waals surface area contributed by atoms with Crippen LogP contribution in [-0.2, 0) is 6.54 Å². The van der Waals surface area contributed by atoms with Crippen LogP contribution in [0, 0.1) is 6.92 Å². The Kier molecular flexibility index (Phi) is 2.58. The summed E-state index contributed by atoms with van der Waals surface area (Å²) in [7, 11) is 0. The average molecular weight is 201 g/mol. The fourth-order valence-corrected chi connectivity index (χ4v) is 1.32. The van der Waals surface area contributed by atoms with E-state index in [1.54, 1.807) is 30.2 Å².